The fourth-order valence-electron chi connectivity index (χ4n) is 2.96. The monoisotopic (exact) mass is 415 g/mol. The van der Waals surface area contributed by atoms with Crippen LogP contribution in [0.2, 0.25) is 0 Å². The summed E-state index contributed by atoms with van der Waals surface area (Å²) in [5.41, 5.74) is 2.25. The quantitative estimate of drug-likeness (QED) is 0.463. The van der Waals surface area contributed by atoms with Crippen LogP contribution in [0.25, 0.3) is 11.4 Å². The van der Waals surface area contributed by atoms with Gasteiger partial charge < -0.3 is 19.3 Å². The maximum absolute atomic E-state index is 12.7. The van der Waals surface area contributed by atoms with Crippen molar-refractivity contribution in [2.45, 2.75) is 13.2 Å². The summed E-state index contributed by atoms with van der Waals surface area (Å²) in [7, 11) is 1.62. The molecule has 0 fully saturated rings. The minimum Gasteiger partial charge on any atom is -0.497 e. The van der Waals surface area contributed by atoms with Gasteiger partial charge in [0, 0.05) is 12.1 Å². The number of amides is 1. The van der Waals surface area contributed by atoms with E-state index in [9.17, 15) is 4.79 Å². The lowest BCUT2D eigenvalue weighted by Gasteiger charge is -2.11. The number of carbonyl (C=O) groups is 1. The van der Waals surface area contributed by atoms with Gasteiger partial charge >= 0.3 is 0 Å². The van der Waals surface area contributed by atoms with Crippen molar-refractivity contribution in [3.63, 3.8) is 0 Å². The van der Waals surface area contributed by atoms with Gasteiger partial charge in [-0.1, -0.05) is 59.8 Å². The third-order valence-electron chi connectivity index (χ3n) is 4.60. The number of ether oxygens (including phenoxy) is 2. The highest BCUT2D eigenvalue weighted by Crippen LogP contribution is 2.21. The molecule has 0 atom stereocenters. The predicted molar refractivity (Wildman–Crippen MR) is 115 cm³/mol. The lowest BCUT2D eigenvalue weighted by molar-refractivity contribution is 0.0945. The topological polar surface area (TPSA) is 86.5 Å². The highest BCUT2D eigenvalue weighted by Gasteiger charge is 2.14. The smallest absolute Gasteiger partial charge is 0.264 e. The molecule has 0 radical (unpaired) electrons. The predicted octanol–water partition coefficient (Wildman–Crippen LogP) is 4.25. The molecule has 0 spiro atoms. The van der Waals surface area contributed by atoms with Crippen molar-refractivity contribution in [1.29, 1.82) is 0 Å². The summed E-state index contributed by atoms with van der Waals surface area (Å²) in [5.74, 6) is 1.79. The average molecular weight is 415 g/mol. The van der Waals surface area contributed by atoms with Crippen LogP contribution in [-0.2, 0) is 13.2 Å². The summed E-state index contributed by atoms with van der Waals surface area (Å²) in [6, 6.07) is 24.1. The average Bonchev–Trinajstić information content (AvgIpc) is 3.31. The number of carbonyl (C=O) groups excluding carboxylic acids is 1. The van der Waals surface area contributed by atoms with E-state index < -0.39 is 0 Å². The van der Waals surface area contributed by atoms with Gasteiger partial charge in [0.05, 0.1) is 12.7 Å². The SMILES string of the molecule is COc1ccc(CNC(=O)c2ccccc2OCc2nc(-c3ccccc3)no2)cc1. The summed E-state index contributed by atoms with van der Waals surface area (Å²) >= 11 is 0. The van der Waals surface area contributed by atoms with Gasteiger partial charge in [-0.3, -0.25) is 4.79 Å². The van der Waals surface area contributed by atoms with E-state index in [1.165, 1.54) is 0 Å². The van der Waals surface area contributed by atoms with Crippen LogP contribution in [0.15, 0.2) is 83.4 Å². The van der Waals surface area contributed by atoms with Crippen molar-refractivity contribution < 1.29 is 18.8 Å². The molecule has 0 unspecified atom stereocenters. The van der Waals surface area contributed by atoms with Crippen molar-refractivity contribution in [1.82, 2.24) is 15.5 Å². The van der Waals surface area contributed by atoms with Crippen molar-refractivity contribution in [2.75, 3.05) is 7.11 Å². The molecular weight excluding hydrogens is 394 g/mol. The molecule has 1 heterocycles. The van der Waals surface area contributed by atoms with Crippen molar-refractivity contribution in [3.8, 4) is 22.9 Å². The van der Waals surface area contributed by atoms with Crippen LogP contribution in [0, 0.1) is 0 Å². The van der Waals surface area contributed by atoms with Gasteiger partial charge in [-0.2, -0.15) is 4.98 Å². The lowest BCUT2D eigenvalue weighted by Crippen LogP contribution is -2.23. The Hall–Kier alpha value is -4.13. The van der Waals surface area contributed by atoms with E-state index >= 15 is 0 Å². The largest absolute Gasteiger partial charge is 0.497 e. The standard InChI is InChI=1S/C24H21N3O4/c1-29-19-13-11-17(12-14-19)15-25-24(28)20-9-5-6-10-21(20)30-16-22-26-23(27-31-22)18-7-3-2-4-8-18/h2-14H,15-16H2,1H3,(H,25,28). The van der Waals surface area contributed by atoms with Crippen LogP contribution < -0.4 is 14.8 Å². The van der Waals surface area contributed by atoms with Crippen molar-refractivity contribution >= 4 is 5.91 Å². The number of methoxy groups -OCH3 is 1. The molecule has 0 bridgehead atoms. The molecule has 0 aliphatic carbocycles. The van der Waals surface area contributed by atoms with Crippen LogP contribution >= 0.6 is 0 Å². The minimum absolute atomic E-state index is 0.0581. The molecule has 7 nitrogen and oxygen atoms in total. The number of para-hydroxylation sites is 1. The van der Waals surface area contributed by atoms with Gasteiger partial charge in [0.2, 0.25) is 5.82 Å². The molecule has 3 aromatic carbocycles. The normalized spacial score (nSPS) is 10.5. The molecule has 0 aliphatic heterocycles. The first-order chi connectivity index (χ1) is 15.2. The highest BCUT2D eigenvalue weighted by molar-refractivity contribution is 5.96. The zero-order valence-corrected chi connectivity index (χ0v) is 16.9. The number of aromatic nitrogens is 2. The first-order valence-corrected chi connectivity index (χ1v) is 9.74. The fraction of sp³-hybridized carbons (Fsp3) is 0.125. The molecule has 4 aromatic rings. The Labute approximate surface area is 179 Å². The van der Waals surface area contributed by atoms with Crippen LogP contribution in [0.5, 0.6) is 11.5 Å². The van der Waals surface area contributed by atoms with Gasteiger partial charge in [-0.25, -0.2) is 0 Å². The number of hydrogen-bond acceptors (Lipinski definition) is 6. The second kappa shape index (κ2) is 9.58. The molecule has 1 N–H and O–H groups in total. The second-order valence-corrected chi connectivity index (χ2v) is 6.69. The molecule has 1 amide bonds. The zero-order valence-electron chi connectivity index (χ0n) is 16.9. The Balaban J connectivity index is 1.39. The van der Waals surface area contributed by atoms with Gasteiger partial charge in [0.1, 0.15) is 11.5 Å². The molecule has 31 heavy (non-hydrogen) atoms. The molecule has 0 saturated heterocycles. The van der Waals surface area contributed by atoms with Crippen molar-refractivity contribution in [3.05, 3.63) is 95.9 Å². The first kappa shape index (κ1) is 20.2. The molecule has 0 aliphatic rings. The summed E-state index contributed by atoms with van der Waals surface area (Å²) < 4.78 is 16.2. The summed E-state index contributed by atoms with van der Waals surface area (Å²) in [4.78, 5) is 17.0. The molecule has 1 aromatic heterocycles. The summed E-state index contributed by atoms with van der Waals surface area (Å²) in [6.07, 6.45) is 0. The maximum atomic E-state index is 12.7. The van der Waals surface area contributed by atoms with Gasteiger partial charge in [0.15, 0.2) is 6.61 Å². The minimum atomic E-state index is -0.234. The third kappa shape index (κ3) is 5.08. The van der Waals surface area contributed by atoms with Crippen molar-refractivity contribution in [2.24, 2.45) is 0 Å². The lowest BCUT2D eigenvalue weighted by atomic mass is 10.1. The van der Waals surface area contributed by atoms with E-state index in [-0.39, 0.29) is 12.5 Å². The maximum Gasteiger partial charge on any atom is 0.264 e. The number of nitrogens with one attached hydrogen (secondary N) is 1. The molecule has 156 valence electrons. The zero-order chi connectivity index (χ0) is 21.5. The Kier molecular flexibility index (Phi) is 6.23. The second-order valence-electron chi connectivity index (χ2n) is 6.69. The summed E-state index contributed by atoms with van der Waals surface area (Å²) in [5, 5.41) is 6.88. The number of nitrogens with zero attached hydrogens (tertiary/aromatic N) is 2. The number of benzene rings is 3. The van der Waals surface area contributed by atoms with Gasteiger partial charge in [0.25, 0.3) is 11.8 Å². The fourth-order valence-corrected chi connectivity index (χ4v) is 2.96. The van der Waals surface area contributed by atoms with E-state index in [0.29, 0.717) is 29.6 Å². The summed E-state index contributed by atoms with van der Waals surface area (Å²) in [6.45, 7) is 0.448. The van der Waals surface area contributed by atoms with Gasteiger partial charge in [-0.15, -0.1) is 0 Å². The molecule has 7 heteroatoms. The van der Waals surface area contributed by atoms with Gasteiger partial charge in [-0.05, 0) is 29.8 Å². The molecule has 4 rings (SSSR count). The van der Waals surface area contributed by atoms with Crippen LogP contribution in [-0.4, -0.2) is 23.2 Å². The van der Waals surface area contributed by atoms with Crippen LogP contribution in [0.1, 0.15) is 21.8 Å². The molecular formula is C24H21N3O4. The molecule has 0 saturated carbocycles. The van der Waals surface area contributed by atoms with E-state index in [4.69, 9.17) is 14.0 Å². The highest BCUT2D eigenvalue weighted by atomic mass is 16.5. The Morgan fingerprint density at radius 2 is 1.71 bits per heavy atom. The Morgan fingerprint density at radius 3 is 2.48 bits per heavy atom. The first-order valence-electron chi connectivity index (χ1n) is 9.74. The van der Waals surface area contributed by atoms with E-state index in [0.717, 1.165) is 16.9 Å². The van der Waals surface area contributed by atoms with E-state index in [1.807, 2.05) is 54.6 Å². The third-order valence-corrected chi connectivity index (χ3v) is 4.60. The van der Waals surface area contributed by atoms with Crippen LogP contribution in [0.3, 0.4) is 0 Å². The number of hydrogen-bond donors (Lipinski definition) is 1. The number of rotatable bonds is 8. The Morgan fingerprint density at radius 1 is 0.968 bits per heavy atom. The van der Waals surface area contributed by atoms with E-state index in [1.54, 1.807) is 31.4 Å². The Bertz CT molecular complexity index is 1140. The van der Waals surface area contributed by atoms with Crippen LogP contribution in [0.4, 0.5) is 0 Å². The van der Waals surface area contributed by atoms with E-state index in [2.05, 4.69) is 15.5 Å².